The van der Waals surface area contributed by atoms with E-state index >= 15 is 0 Å². The predicted molar refractivity (Wildman–Crippen MR) is 255 cm³/mol. The fourth-order valence-corrected chi connectivity index (χ4v) is 9.02. The molecule has 0 aliphatic rings. The molecule has 11 rings (SSSR count). The lowest BCUT2D eigenvalue weighted by Crippen LogP contribution is -2.10. The fourth-order valence-electron chi connectivity index (χ4n) is 9.02. The first-order valence-electron chi connectivity index (χ1n) is 20.6. The number of hydrogen-bond donors (Lipinski definition) is 0. The van der Waals surface area contributed by atoms with Gasteiger partial charge in [0.2, 0.25) is 0 Å². The van der Waals surface area contributed by atoms with Crippen LogP contribution < -0.4 is 4.90 Å². The van der Waals surface area contributed by atoms with Crippen LogP contribution in [0.2, 0.25) is 0 Å². The highest BCUT2D eigenvalue weighted by atomic mass is 15.1. The molecule has 0 unspecified atom stereocenters. The first-order valence-corrected chi connectivity index (χ1v) is 20.6. The number of rotatable bonds is 8. The second-order valence-electron chi connectivity index (χ2n) is 15.3. The van der Waals surface area contributed by atoms with Gasteiger partial charge in [-0.05, 0) is 104 Å². The van der Waals surface area contributed by atoms with Crippen LogP contribution in [0.25, 0.3) is 82.8 Å². The molecule has 0 amide bonds. The summed E-state index contributed by atoms with van der Waals surface area (Å²) in [5, 5.41) is 5.01. The molecule has 0 spiro atoms. The Morgan fingerprint density at radius 2 is 0.767 bits per heavy atom. The van der Waals surface area contributed by atoms with E-state index in [-0.39, 0.29) is 0 Å². The van der Waals surface area contributed by atoms with Gasteiger partial charge < -0.3 is 9.47 Å². The second-order valence-corrected chi connectivity index (χ2v) is 15.3. The molecule has 1 aromatic heterocycles. The average Bonchev–Trinajstić information content (AvgIpc) is 3.67. The number of hydrogen-bond acceptors (Lipinski definition) is 1. The summed E-state index contributed by atoms with van der Waals surface area (Å²) in [4.78, 5) is 2.37. The van der Waals surface area contributed by atoms with E-state index < -0.39 is 0 Å². The van der Waals surface area contributed by atoms with Crippen LogP contribution in [0, 0.1) is 0 Å². The molecule has 0 saturated heterocycles. The van der Waals surface area contributed by atoms with Crippen molar-refractivity contribution in [3.05, 3.63) is 243 Å². The van der Waals surface area contributed by atoms with Gasteiger partial charge in [-0.25, -0.2) is 0 Å². The Morgan fingerprint density at radius 3 is 1.43 bits per heavy atom. The van der Waals surface area contributed by atoms with Gasteiger partial charge in [0.1, 0.15) is 0 Å². The summed E-state index contributed by atoms with van der Waals surface area (Å²) >= 11 is 0. The van der Waals surface area contributed by atoms with E-state index in [4.69, 9.17) is 0 Å². The van der Waals surface area contributed by atoms with E-state index in [1.54, 1.807) is 0 Å². The summed E-state index contributed by atoms with van der Waals surface area (Å²) in [6.07, 6.45) is 0. The lowest BCUT2D eigenvalue weighted by Gasteiger charge is -2.27. The molecule has 0 bridgehead atoms. The molecular weight excluding hydrogens is 725 g/mol. The second kappa shape index (κ2) is 15.1. The Labute approximate surface area is 350 Å². The van der Waals surface area contributed by atoms with E-state index in [2.05, 4.69) is 252 Å². The summed E-state index contributed by atoms with van der Waals surface area (Å²) in [6, 6.07) is 87.8. The number of aromatic nitrogens is 1. The molecule has 60 heavy (non-hydrogen) atoms. The van der Waals surface area contributed by atoms with Crippen molar-refractivity contribution < 1.29 is 0 Å². The third kappa shape index (κ3) is 6.23. The first-order chi connectivity index (χ1) is 29.8. The molecule has 2 nitrogen and oxygen atoms in total. The Kier molecular flexibility index (Phi) is 8.87. The normalized spacial score (nSPS) is 11.3. The lowest BCUT2D eigenvalue weighted by molar-refractivity contribution is 1.18. The van der Waals surface area contributed by atoms with Crippen molar-refractivity contribution in [2.75, 3.05) is 4.90 Å². The Hall–Kier alpha value is -7.94. The number of nitrogens with zero attached hydrogens (tertiary/aromatic N) is 2. The Bertz CT molecular complexity index is 3230. The van der Waals surface area contributed by atoms with Gasteiger partial charge in [-0.15, -0.1) is 0 Å². The van der Waals surface area contributed by atoms with Crippen molar-refractivity contribution >= 4 is 49.6 Å². The van der Waals surface area contributed by atoms with Crippen molar-refractivity contribution in [3.63, 3.8) is 0 Å². The van der Waals surface area contributed by atoms with Crippen molar-refractivity contribution in [1.82, 2.24) is 4.57 Å². The van der Waals surface area contributed by atoms with Crippen LogP contribution in [-0.4, -0.2) is 4.57 Å². The van der Waals surface area contributed by atoms with E-state index in [0.717, 1.165) is 28.3 Å². The third-order valence-corrected chi connectivity index (χ3v) is 11.8. The number of fused-ring (bicyclic) bond motifs is 4. The molecule has 0 saturated carbocycles. The quantitative estimate of drug-likeness (QED) is 0.150. The van der Waals surface area contributed by atoms with Crippen molar-refractivity contribution in [2.24, 2.45) is 0 Å². The summed E-state index contributed by atoms with van der Waals surface area (Å²) < 4.78 is 2.44. The highest BCUT2D eigenvalue weighted by molar-refractivity contribution is 6.10. The molecule has 0 aliphatic heterocycles. The molecule has 10 aromatic carbocycles. The molecular formula is C58H40N2. The maximum atomic E-state index is 2.44. The van der Waals surface area contributed by atoms with Gasteiger partial charge in [0, 0.05) is 33.4 Å². The zero-order valence-corrected chi connectivity index (χ0v) is 33.0. The summed E-state index contributed by atoms with van der Waals surface area (Å²) in [5.41, 5.74) is 16.4. The zero-order valence-electron chi connectivity index (χ0n) is 33.0. The van der Waals surface area contributed by atoms with Crippen LogP contribution in [0.5, 0.6) is 0 Å². The van der Waals surface area contributed by atoms with Gasteiger partial charge in [-0.1, -0.05) is 188 Å². The van der Waals surface area contributed by atoms with E-state index in [0.29, 0.717) is 0 Å². The minimum absolute atomic E-state index is 1.08. The third-order valence-electron chi connectivity index (χ3n) is 11.8. The zero-order chi connectivity index (χ0) is 39.8. The molecule has 0 atom stereocenters. The molecule has 0 N–H and O–H groups in total. The van der Waals surface area contributed by atoms with Crippen LogP contribution in [0.15, 0.2) is 243 Å². The molecule has 282 valence electrons. The van der Waals surface area contributed by atoms with E-state index in [9.17, 15) is 0 Å². The molecule has 1 heterocycles. The average molecular weight is 765 g/mol. The lowest BCUT2D eigenvalue weighted by atomic mass is 9.92. The van der Waals surface area contributed by atoms with Gasteiger partial charge in [0.05, 0.1) is 16.7 Å². The van der Waals surface area contributed by atoms with Gasteiger partial charge in [-0.3, -0.25) is 0 Å². The van der Waals surface area contributed by atoms with E-state index in [1.165, 1.54) is 71.5 Å². The minimum Gasteiger partial charge on any atom is -0.310 e. The van der Waals surface area contributed by atoms with Crippen LogP contribution in [-0.2, 0) is 0 Å². The standard InChI is InChI=1S/C58H40N2/c1-3-16-41(17-4-1)46-22-13-23-49(40-46)59(47-36-32-43(33-37-47)51-27-14-21-42-18-7-8-24-50(42)51)48-38-34-44(35-39-48)52-28-15-31-57(58(52)45-19-5-2-6-20-45)60-55-29-11-9-25-53(55)54-26-10-12-30-56(54)60/h1-40H. The predicted octanol–water partition coefficient (Wildman–Crippen LogP) is 16.1. The van der Waals surface area contributed by atoms with Crippen LogP contribution in [0.4, 0.5) is 17.1 Å². The van der Waals surface area contributed by atoms with Gasteiger partial charge in [-0.2, -0.15) is 0 Å². The first kappa shape index (κ1) is 35.2. The fraction of sp³-hybridized carbons (Fsp3) is 0. The molecule has 2 heteroatoms. The SMILES string of the molecule is c1ccc(-c2cccc(N(c3ccc(-c4cccc(-n5c6ccccc6c6ccccc65)c4-c4ccccc4)cc3)c3ccc(-c4cccc5ccccc45)cc3)c2)cc1. The smallest absolute Gasteiger partial charge is 0.0546 e. The topological polar surface area (TPSA) is 8.17 Å². The van der Waals surface area contributed by atoms with Gasteiger partial charge >= 0.3 is 0 Å². The summed E-state index contributed by atoms with van der Waals surface area (Å²) in [5.74, 6) is 0. The largest absolute Gasteiger partial charge is 0.310 e. The maximum Gasteiger partial charge on any atom is 0.0546 e. The number of anilines is 3. The monoisotopic (exact) mass is 764 g/mol. The Balaban J connectivity index is 1.05. The maximum absolute atomic E-state index is 2.44. The van der Waals surface area contributed by atoms with Crippen molar-refractivity contribution in [1.29, 1.82) is 0 Å². The van der Waals surface area contributed by atoms with Gasteiger partial charge in [0.25, 0.3) is 0 Å². The number of benzene rings is 10. The van der Waals surface area contributed by atoms with Crippen LogP contribution in [0.1, 0.15) is 0 Å². The summed E-state index contributed by atoms with van der Waals surface area (Å²) in [7, 11) is 0. The van der Waals surface area contributed by atoms with E-state index in [1.807, 2.05) is 0 Å². The molecule has 11 aromatic rings. The number of para-hydroxylation sites is 2. The summed E-state index contributed by atoms with van der Waals surface area (Å²) in [6.45, 7) is 0. The molecule has 0 radical (unpaired) electrons. The van der Waals surface area contributed by atoms with Crippen LogP contribution in [0.3, 0.4) is 0 Å². The highest BCUT2D eigenvalue weighted by Crippen LogP contribution is 2.43. The van der Waals surface area contributed by atoms with Crippen molar-refractivity contribution in [3.8, 4) is 50.2 Å². The van der Waals surface area contributed by atoms with Crippen LogP contribution >= 0.6 is 0 Å². The molecule has 0 aliphatic carbocycles. The van der Waals surface area contributed by atoms with Crippen molar-refractivity contribution in [2.45, 2.75) is 0 Å². The highest BCUT2D eigenvalue weighted by Gasteiger charge is 2.20. The van der Waals surface area contributed by atoms with Gasteiger partial charge in [0.15, 0.2) is 0 Å². The Morgan fingerprint density at radius 1 is 0.283 bits per heavy atom. The minimum atomic E-state index is 1.08. The molecule has 0 fully saturated rings.